The van der Waals surface area contributed by atoms with Gasteiger partial charge < -0.3 is 5.11 Å². The lowest BCUT2D eigenvalue weighted by atomic mass is 9.97. The van der Waals surface area contributed by atoms with E-state index in [0.29, 0.717) is 0 Å². The van der Waals surface area contributed by atoms with Crippen LogP contribution in [0.15, 0.2) is 48.1 Å². The molecule has 24 heavy (non-hydrogen) atoms. The minimum Gasteiger partial charge on any atom is -0.390 e. The van der Waals surface area contributed by atoms with Crippen molar-refractivity contribution in [1.82, 2.24) is 9.80 Å². The quantitative estimate of drug-likeness (QED) is 0.870. The fraction of sp³-hybridized carbons (Fsp3) is 0.524. The molecule has 0 saturated carbocycles. The first-order valence-corrected chi connectivity index (χ1v) is 9.22. The van der Waals surface area contributed by atoms with Crippen LogP contribution in [0.2, 0.25) is 0 Å². The van der Waals surface area contributed by atoms with Gasteiger partial charge in [-0.3, -0.25) is 9.80 Å². The predicted octanol–water partition coefficient (Wildman–Crippen LogP) is 3.00. The summed E-state index contributed by atoms with van der Waals surface area (Å²) in [6, 6.07) is 8.68. The maximum atomic E-state index is 10.6. The minimum atomic E-state index is -0.279. The highest BCUT2D eigenvalue weighted by Gasteiger charge is 2.22. The Labute approximate surface area is 146 Å². The van der Waals surface area contributed by atoms with Crippen molar-refractivity contribution < 1.29 is 5.11 Å². The molecule has 130 valence electrons. The molecular formula is C21H30N2O. The van der Waals surface area contributed by atoms with Crippen molar-refractivity contribution >= 4 is 0 Å². The van der Waals surface area contributed by atoms with Crippen LogP contribution in [0.5, 0.6) is 0 Å². The molecule has 0 spiro atoms. The smallest absolute Gasteiger partial charge is 0.0794 e. The molecule has 2 aliphatic rings. The third-order valence-electron chi connectivity index (χ3n) is 5.39. The van der Waals surface area contributed by atoms with E-state index in [1.165, 1.54) is 22.3 Å². The Hall–Kier alpha value is -1.42. The molecule has 1 aromatic carbocycles. The van der Waals surface area contributed by atoms with Crippen molar-refractivity contribution in [2.45, 2.75) is 38.8 Å². The van der Waals surface area contributed by atoms with E-state index in [-0.39, 0.29) is 6.10 Å². The molecular weight excluding hydrogens is 296 g/mol. The summed E-state index contributed by atoms with van der Waals surface area (Å²) in [6.45, 7) is 11.7. The highest BCUT2D eigenvalue weighted by molar-refractivity contribution is 5.29. The summed E-state index contributed by atoms with van der Waals surface area (Å²) in [4.78, 5) is 4.79. The number of fused-ring (bicyclic) bond motifs is 1. The van der Waals surface area contributed by atoms with Gasteiger partial charge in [0.05, 0.1) is 6.10 Å². The lowest BCUT2D eigenvalue weighted by Gasteiger charge is -2.34. The summed E-state index contributed by atoms with van der Waals surface area (Å²) in [6.07, 6.45) is 4.97. The van der Waals surface area contributed by atoms with Gasteiger partial charge in [0.15, 0.2) is 0 Å². The second-order valence-corrected chi connectivity index (χ2v) is 7.08. The summed E-state index contributed by atoms with van der Waals surface area (Å²) in [5.74, 6) is 0. The van der Waals surface area contributed by atoms with E-state index >= 15 is 0 Å². The molecule has 0 saturated heterocycles. The zero-order chi connectivity index (χ0) is 16.9. The number of rotatable bonds is 6. The molecule has 3 rings (SSSR count). The molecule has 0 bridgehead atoms. The number of hydrogen-bond donors (Lipinski definition) is 1. The van der Waals surface area contributed by atoms with Gasteiger partial charge in [-0.25, -0.2) is 0 Å². The van der Waals surface area contributed by atoms with Crippen molar-refractivity contribution in [3.05, 3.63) is 59.2 Å². The van der Waals surface area contributed by atoms with Gasteiger partial charge in [0.2, 0.25) is 0 Å². The number of aliphatic hydroxyl groups is 1. The van der Waals surface area contributed by atoms with E-state index < -0.39 is 0 Å². The molecule has 2 heterocycles. The molecule has 0 aliphatic carbocycles. The van der Waals surface area contributed by atoms with Gasteiger partial charge in [-0.15, -0.1) is 0 Å². The van der Waals surface area contributed by atoms with Gasteiger partial charge >= 0.3 is 0 Å². The van der Waals surface area contributed by atoms with E-state index in [1.54, 1.807) is 0 Å². The third-order valence-corrected chi connectivity index (χ3v) is 5.39. The molecule has 1 aromatic rings. The van der Waals surface area contributed by atoms with Crippen molar-refractivity contribution in [2.24, 2.45) is 0 Å². The molecule has 3 nitrogen and oxygen atoms in total. The second-order valence-electron chi connectivity index (χ2n) is 7.08. The van der Waals surface area contributed by atoms with E-state index in [1.807, 2.05) is 6.08 Å². The number of β-amino-alcohol motifs (C(OH)–C–C–N with tert-alkyl or cyclic N) is 1. The van der Waals surface area contributed by atoms with Crippen molar-refractivity contribution in [2.75, 3.05) is 32.7 Å². The van der Waals surface area contributed by atoms with Crippen LogP contribution in [0.3, 0.4) is 0 Å². The number of aliphatic hydroxyl groups excluding tert-OH is 1. The maximum Gasteiger partial charge on any atom is 0.0794 e. The fourth-order valence-corrected chi connectivity index (χ4v) is 4.01. The van der Waals surface area contributed by atoms with Crippen molar-refractivity contribution in [3.8, 4) is 0 Å². The Bertz CT molecular complexity index is 608. The Morgan fingerprint density at radius 1 is 1.08 bits per heavy atom. The Kier molecular flexibility index (Phi) is 5.88. The molecule has 0 amide bonds. The Balaban J connectivity index is 1.51. The van der Waals surface area contributed by atoms with E-state index in [4.69, 9.17) is 0 Å². The van der Waals surface area contributed by atoms with Crippen LogP contribution in [-0.4, -0.2) is 53.7 Å². The van der Waals surface area contributed by atoms with Crippen LogP contribution in [0.4, 0.5) is 0 Å². The Morgan fingerprint density at radius 3 is 2.46 bits per heavy atom. The Morgan fingerprint density at radius 2 is 1.75 bits per heavy atom. The molecule has 3 heteroatoms. The monoisotopic (exact) mass is 326 g/mol. The second kappa shape index (κ2) is 8.11. The molecule has 2 aliphatic heterocycles. The highest BCUT2D eigenvalue weighted by Crippen LogP contribution is 2.22. The number of benzene rings is 1. The van der Waals surface area contributed by atoms with Crippen molar-refractivity contribution in [1.29, 1.82) is 0 Å². The van der Waals surface area contributed by atoms with Crippen LogP contribution in [0, 0.1) is 0 Å². The first-order valence-electron chi connectivity index (χ1n) is 9.22. The maximum absolute atomic E-state index is 10.6. The van der Waals surface area contributed by atoms with E-state index in [0.717, 1.165) is 58.5 Å². The first kappa shape index (κ1) is 17.4. The fourth-order valence-electron chi connectivity index (χ4n) is 4.01. The van der Waals surface area contributed by atoms with Crippen LogP contribution < -0.4 is 0 Å². The number of hydrogen-bond acceptors (Lipinski definition) is 3. The van der Waals surface area contributed by atoms with Gasteiger partial charge in [-0.1, -0.05) is 49.4 Å². The molecule has 1 atom stereocenters. The summed E-state index contributed by atoms with van der Waals surface area (Å²) >= 11 is 0. The van der Waals surface area contributed by atoms with Gasteiger partial charge in [0, 0.05) is 39.3 Å². The number of allylic oxidation sites excluding steroid dienone is 1. The zero-order valence-electron chi connectivity index (χ0n) is 14.9. The molecule has 0 aromatic heterocycles. The van der Waals surface area contributed by atoms with Gasteiger partial charge in [0.1, 0.15) is 0 Å². The predicted molar refractivity (Wildman–Crippen MR) is 100 cm³/mol. The van der Waals surface area contributed by atoms with Crippen LogP contribution >= 0.6 is 0 Å². The van der Waals surface area contributed by atoms with Gasteiger partial charge in [-0.2, -0.15) is 0 Å². The average Bonchev–Trinajstić information content (AvgIpc) is 2.61. The standard InChI is InChI=1S/C21H30N2O/c1-3-17-9-11-22(13-18(17)4-2)15-21(24)16-23-12-10-19-7-5-6-8-20(19)14-23/h3,5-8,21,24H,1,4,9-16H2,2H3. The summed E-state index contributed by atoms with van der Waals surface area (Å²) in [7, 11) is 0. The normalized spacial score (nSPS) is 20.8. The summed E-state index contributed by atoms with van der Waals surface area (Å²) in [5, 5.41) is 10.6. The number of nitrogens with zero attached hydrogens (tertiary/aromatic N) is 2. The van der Waals surface area contributed by atoms with E-state index in [9.17, 15) is 5.11 Å². The molecule has 1 N–H and O–H groups in total. The summed E-state index contributed by atoms with van der Waals surface area (Å²) in [5.41, 5.74) is 5.78. The van der Waals surface area contributed by atoms with Crippen LogP contribution in [0.25, 0.3) is 0 Å². The molecule has 0 fully saturated rings. The van der Waals surface area contributed by atoms with Gasteiger partial charge in [-0.05, 0) is 36.0 Å². The van der Waals surface area contributed by atoms with Crippen LogP contribution in [0.1, 0.15) is 30.9 Å². The van der Waals surface area contributed by atoms with E-state index in [2.05, 4.69) is 47.6 Å². The van der Waals surface area contributed by atoms with Crippen molar-refractivity contribution in [3.63, 3.8) is 0 Å². The average molecular weight is 326 g/mol. The highest BCUT2D eigenvalue weighted by atomic mass is 16.3. The first-order chi connectivity index (χ1) is 11.7. The lowest BCUT2D eigenvalue weighted by Crippen LogP contribution is -2.43. The lowest BCUT2D eigenvalue weighted by molar-refractivity contribution is 0.0705. The molecule has 0 radical (unpaired) electrons. The minimum absolute atomic E-state index is 0.279. The van der Waals surface area contributed by atoms with Gasteiger partial charge in [0.25, 0.3) is 0 Å². The largest absolute Gasteiger partial charge is 0.390 e. The SMILES string of the molecule is C=CC1=C(CC)CN(CC(O)CN2CCc3ccccc3C2)CC1. The summed E-state index contributed by atoms with van der Waals surface area (Å²) < 4.78 is 0. The molecule has 1 unspecified atom stereocenters. The zero-order valence-corrected chi connectivity index (χ0v) is 14.9. The topological polar surface area (TPSA) is 26.7 Å². The third kappa shape index (κ3) is 4.15. The van der Waals surface area contributed by atoms with Crippen LogP contribution in [-0.2, 0) is 13.0 Å².